The molecule has 20 heavy (non-hydrogen) atoms. The van der Waals surface area contributed by atoms with E-state index in [9.17, 15) is 4.79 Å². The molecule has 4 heteroatoms. The smallest absolute Gasteiger partial charge is 0.239 e. The third-order valence-corrected chi connectivity index (χ3v) is 4.70. The van der Waals surface area contributed by atoms with Crippen LogP contribution in [-0.2, 0) is 4.79 Å². The standard InChI is InChI=1S/C16H23BrN2O/c1-12-8-9-14(10-15(12)17)18-11-16(20)19-13-6-4-2-3-5-7-13/h8-10,13,18H,2-7,11H2,1H3,(H,19,20). The minimum atomic E-state index is 0.0913. The quantitative estimate of drug-likeness (QED) is 0.814. The van der Waals surface area contributed by atoms with E-state index in [1.807, 2.05) is 25.1 Å². The summed E-state index contributed by atoms with van der Waals surface area (Å²) in [4.78, 5) is 12.0. The van der Waals surface area contributed by atoms with Crippen LogP contribution in [0.15, 0.2) is 22.7 Å². The summed E-state index contributed by atoms with van der Waals surface area (Å²) in [5, 5.41) is 6.32. The van der Waals surface area contributed by atoms with E-state index in [-0.39, 0.29) is 5.91 Å². The van der Waals surface area contributed by atoms with Crippen molar-refractivity contribution < 1.29 is 4.79 Å². The van der Waals surface area contributed by atoms with Gasteiger partial charge in [-0.3, -0.25) is 4.79 Å². The van der Waals surface area contributed by atoms with E-state index in [0.717, 1.165) is 23.0 Å². The van der Waals surface area contributed by atoms with Gasteiger partial charge in [-0.05, 0) is 37.5 Å². The van der Waals surface area contributed by atoms with Crippen LogP contribution in [0.1, 0.15) is 44.1 Å². The Balaban J connectivity index is 1.77. The average molecular weight is 339 g/mol. The van der Waals surface area contributed by atoms with Crippen LogP contribution in [0.3, 0.4) is 0 Å². The molecule has 3 nitrogen and oxygen atoms in total. The molecule has 2 N–H and O–H groups in total. The summed E-state index contributed by atoms with van der Waals surface area (Å²) in [6.45, 7) is 2.39. The van der Waals surface area contributed by atoms with Crippen molar-refractivity contribution in [2.75, 3.05) is 11.9 Å². The lowest BCUT2D eigenvalue weighted by molar-refractivity contribution is -0.120. The Hall–Kier alpha value is -1.03. The average Bonchev–Trinajstić information content (AvgIpc) is 2.69. The zero-order chi connectivity index (χ0) is 14.4. The van der Waals surface area contributed by atoms with Crippen molar-refractivity contribution in [3.05, 3.63) is 28.2 Å². The molecule has 1 fully saturated rings. The lowest BCUT2D eigenvalue weighted by Crippen LogP contribution is -2.38. The molecule has 0 aliphatic heterocycles. The van der Waals surface area contributed by atoms with Gasteiger partial charge in [0.25, 0.3) is 0 Å². The van der Waals surface area contributed by atoms with Crippen LogP contribution >= 0.6 is 15.9 Å². The van der Waals surface area contributed by atoms with Crippen LogP contribution in [-0.4, -0.2) is 18.5 Å². The Labute approximate surface area is 129 Å². The van der Waals surface area contributed by atoms with Gasteiger partial charge >= 0.3 is 0 Å². The van der Waals surface area contributed by atoms with Crippen molar-refractivity contribution in [2.45, 2.75) is 51.5 Å². The normalized spacial score (nSPS) is 16.5. The summed E-state index contributed by atoms with van der Waals surface area (Å²) in [7, 11) is 0. The molecule has 1 saturated carbocycles. The maximum Gasteiger partial charge on any atom is 0.239 e. The van der Waals surface area contributed by atoms with Crippen LogP contribution in [0, 0.1) is 6.92 Å². The zero-order valence-electron chi connectivity index (χ0n) is 12.0. The molecule has 0 unspecified atom stereocenters. The van der Waals surface area contributed by atoms with Gasteiger partial charge in [-0.25, -0.2) is 0 Å². The third-order valence-electron chi connectivity index (χ3n) is 3.85. The Bertz CT molecular complexity index is 454. The van der Waals surface area contributed by atoms with Gasteiger partial charge < -0.3 is 10.6 Å². The minimum absolute atomic E-state index is 0.0913. The number of carbonyl (C=O) groups excluding carboxylic acids is 1. The SMILES string of the molecule is Cc1ccc(NCC(=O)NC2CCCCCC2)cc1Br. The Morgan fingerprint density at radius 2 is 1.95 bits per heavy atom. The van der Waals surface area contributed by atoms with E-state index in [2.05, 4.69) is 26.6 Å². The van der Waals surface area contributed by atoms with E-state index in [1.54, 1.807) is 0 Å². The van der Waals surface area contributed by atoms with Crippen molar-refractivity contribution in [2.24, 2.45) is 0 Å². The molecule has 1 aliphatic rings. The largest absolute Gasteiger partial charge is 0.376 e. The fourth-order valence-electron chi connectivity index (χ4n) is 2.59. The second kappa shape index (κ2) is 7.67. The maximum absolute atomic E-state index is 12.0. The molecule has 1 aromatic carbocycles. The highest BCUT2D eigenvalue weighted by Crippen LogP contribution is 2.20. The second-order valence-corrected chi connectivity index (χ2v) is 6.43. The fourth-order valence-corrected chi connectivity index (χ4v) is 2.97. The third kappa shape index (κ3) is 4.82. The molecule has 0 bridgehead atoms. The van der Waals surface area contributed by atoms with Crippen LogP contribution in [0.2, 0.25) is 0 Å². The number of carbonyl (C=O) groups is 1. The molecule has 110 valence electrons. The zero-order valence-corrected chi connectivity index (χ0v) is 13.6. The number of aryl methyl sites for hydroxylation is 1. The number of rotatable bonds is 4. The van der Waals surface area contributed by atoms with Gasteiger partial charge in [0, 0.05) is 16.2 Å². The van der Waals surface area contributed by atoms with E-state index < -0.39 is 0 Å². The van der Waals surface area contributed by atoms with E-state index in [4.69, 9.17) is 0 Å². The number of halogens is 1. The monoisotopic (exact) mass is 338 g/mol. The van der Waals surface area contributed by atoms with Crippen molar-refractivity contribution in [3.8, 4) is 0 Å². The number of hydrogen-bond donors (Lipinski definition) is 2. The van der Waals surface area contributed by atoms with Crippen molar-refractivity contribution >= 4 is 27.5 Å². The van der Waals surface area contributed by atoms with Crippen molar-refractivity contribution in [1.82, 2.24) is 5.32 Å². The van der Waals surface area contributed by atoms with Crippen LogP contribution in [0.4, 0.5) is 5.69 Å². The summed E-state index contributed by atoms with van der Waals surface area (Å²) in [5.74, 6) is 0.0913. The van der Waals surface area contributed by atoms with Crippen molar-refractivity contribution in [3.63, 3.8) is 0 Å². The molecule has 1 amide bonds. The van der Waals surface area contributed by atoms with Gasteiger partial charge in [-0.1, -0.05) is 47.7 Å². The van der Waals surface area contributed by atoms with Gasteiger partial charge in [0.15, 0.2) is 0 Å². The molecule has 1 aliphatic carbocycles. The predicted octanol–water partition coefficient (Wildman–Crippen LogP) is 4.01. The molecular formula is C16H23BrN2O. The summed E-state index contributed by atoms with van der Waals surface area (Å²) in [5.41, 5.74) is 2.16. The molecule has 0 saturated heterocycles. The topological polar surface area (TPSA) is 41.1 Å². The first-order valence-corrected chi connectivity index (χ1v) is 8.24. The first-order chi connectivity index (χ1) is 9.65. The number of benzene rings is 1. The van der Waals surface area contributed by atoms with Gasteiger partial charge in [0.1, 0.15) is 0 Å². The predicted molar refractivity (Wildman–Crippen MR) is 87.0 cm³/mol. The van der Waals surface area contributed by atoms with E-state index >= 15 is 0 Å². The summed E-state index contributed by atoms with van der Waals surface area (Å²) >= 11 is 3.50. The summed E-state index contributed by atoms with van der Waals surface area (Å²) < 4.78 is 1.06. The molecular weight excluding hydrogens is 316 g/mol. The van der Waals surface area contributed by atoms with Gasteiger partial charge in [-0.2, -0.15) is 0 Å². The molecule has 0 heterocycles. The van der Waals surface area contributed by atoms with Gasteiger partial charge in [0.05, 0.1) is 6.54 Å². The minimum Gasteiger partial charge on any atom is -0.376 e. The molecule has 1 aromatic rings. The Morgan fingerprint density at radius 1 is 1.25 bits per heavy atom. The second-order valence-electron chi connectivity index (χ2n) is 5.57. The van der Waals surface area contributed by atoms with Crippen LogP contribution < -0.4 is 10.6 Å². The lowest BCUT2D eigenvalue weighted by atomic mass is 10.1. The van der Waals surface area contributed by atoms with Gasteiger partial charge in [-0.15, -0.1) is 0 Å². The molecule has 2 rings (SSSR count). The summed E-state index contributed by atoms with van der Waals surface area (Å²) in [6, 6.07) is 6.42. The molecule has 0 spiro atoms. The van der Waals surface area contributed by atoms with Crippen LogP contribution in [0.5, 0.6) is 0 Å². The highest BCUT2D eigenvalue weighted by molar-refractivity contribution is 9.10. The number of nitrogens with one attached hydrogen (secondary N) is 2. The van der Waals surface area contributed by atoms with E-state index in [0.29, 0.717) is 12.6 Å². The first kappa shape index (κ1) is 15.4. The highest BCUT2D eigenvalue weighted by Gasteiger charge is 2.14. The fraction of sp³-hybridized carbons (Fsp3) is 0.562. The number of anilines is 1. The molecule has 0 radical (unpaired) electrons. The number of amides is 1. The molecule has 0 aromatic heterocycles. The summed E-state index contributed by atoms with van der Waals surface area (Å²) in [6.07, 6.45) is 7.35. The molecule has 0 atom stereocenters. The van der Waals surface area contributed by atoms with Crippen molar-refractivity contribution in [1.29, 1.82) is 0 Å². The first-order valence-electron chi connectivity index (χ1n) is 7.44. The van der Waals surface area contributed by atoms with Gasteiger partial charge in [0.2, 0.25) is 5.91 Å². The maximum atomic E-state index is 12.0. The Morgan fingerprint density at radius 3 is 2.60 bits per heavy atom. The van der Waals surface area contributed by atoms with E-state index in [1.165, 1.54) is 31.2 Å². The number of hydrogen-bond acceptors (Lipinski definition) is 2. The van der Waals surface area contributed by atoms with Crippen LogP contribution in [0.25, 0.3) is 0 Å². The Kier molecular flexibility index (Phi) is 5.89. The lowest BCUT2D eigenvalue weighted by Gasteiger charge is -2.16. The highest BCUT2D eigenvalue weighted by atomic mass is 79.9.